The second kappa shape index (κ2) is 9.66. The van der Waals surface area contributed by atoms with E-state index in [1.807, 2.05) is 18.2 Å². The monoisotopic (exact) mass is 540 g/mol. The van der Waals surface area contributed by atoms with Gasteiger partial charge in [-0.05, 0) is 55.0 Å². The summed E-state index contributed by atoms with van der Waals surface area (Å²) in [4.78, 5) is 14.5. The van der Waals surface area contributed by atoms with Gasteiger partial charge >= 0.3 is 0 Å². The molecule has 1 atom stereocenters. The van der Waals surface area contributed by atoms with Gasteiger partial charge in [0, 0.05) is 36.5 Å². The van der Waals surface area contributed by atoms with E-state index in [0.29, 0.717) is 43.2 Å². The second-order valence-electron chi connectivity index (χ2n) is 9.53. The van der Waals surface area contributed by atoms with E-state index < -0.39 is 10.0 Å². The number of nitrogens with zero attached hydrogens (tertiary/aromatic N) is 5. The Morgan fingerprint density at radius 2 is 2.16 bits per heavy atom. The minimum absolute atomic E-state index is 0.258. The summed E-state index contributed by atoms with van der Waals surface area (Å²) in [7, 11) is -3.20. The molecule has 5 heterocycles. The van der Waals surface area contributed by atoms with Gasteiger partial charge in [0.05, 0.1) is 19.1 Å². The van der Waals surface area contributed by atoms with Crippen molar-refractivity contribution in [3.8, 4) is 17.1 Å². The van der Waals surface area contributed by atoms with Gasteiger partial charge in [0.2, 0.25) is 10.0 Å². The van der Waals surface area contributed by atoms with Crippen LogP contribution in [0.15, 0.2) is 51.3 Å². The Bertz CT molecular complexity index is 1550. The maximum Gasteiger partial charge on any atom is 0.211 e. The highest BCUT2D eigenvalue weighted by molar-refractivity contribution is 7.99. The van der Waals surface area contributed by atoms with Crippen molar-refractivity contribution in [1.82, 2.24) is 23.8 Å². The zero-order valence-corrected chi connectivity index (χ0v) is 22.1. The molecule has 6 rings (SSSR count). The molecule has 0 radical (unpaired) electrons. The van der Waals surface area contributed by atoms with Crippen molar-refractivity contribution >= 4 is 38.8 Å². The van der Waals surface area contributed by atoms with Crippen LogP contribution in [-0.4, -0.2) is 58.2 Å². The van der Waals surface area contributed by atoms with Gasteiger partial charge in [-0.1, -0.05) is 11.8 Å². The van der Waals surface area contributed by atoms with Gasteiger partial charge in [-0.25, -0.2) is 27.7 Å². The Morgan fingerprint density at radius 1 is 1.27 bits per heavy atom. The molecule has 0 spiro atoms. The number of hydrogen-bond donors (Lipinski definition) is 1. The first-order valence-electron chi connectivity index (χ1n) is 12.3. The van der Waals surface area contributed by atoms with E-state index in [2.05, 4.69) is 20.6 Å². The standard InChI is InChI=1S/C25H28N6O4S2/c1-37(32,33)30-8-2-4-16(14-30)6-9-31-24-22(23(26)27-15-28-24)29-25(31)36-21-12-17-7-11-35-20(17)13-18(21)19-5-3-10-34-19/h3,5,10,12-13,15-16H,2,4,6-9,11,14H2,1H3,(H2,26,27,28). The van der Waals surface area contributed by atoms with Crippen molar-refractivity contribution < 1.29 is 17.6 Å². The molecular weight excluding hydrogens is 512 g/mol. The third-order valence-corrected chi connectivity index (χ3v) is 9.34. The number of furan rings is 1. The van der Waals surface area contributed by atoms with Gasteiger partial charge in [-0.15, -0.1) is 0 Å². The second-order valence-corrected chi connectivity index (χ2v) is 12.5. The summed E-state index contributed by atoms with van der Waals surface area (Å²) in [6.45, 7) is 2.43. The fraction of sp³-hybridized carbons (Fsp3) is 0.400. The summed E-state index contributed by atoms with van der Waals surface area (Å²) in [5.74, 6) is 2.23. The summed E-state index contributed by atoms with van der Waals surface area (Å²) >= 11 is 1.54. The number of aromatic nitrogens is 4. The van der Waals surface area contributed by atoms with Crippen LogP contribution in [0.3, 0.4) is 0 Å². The molecule has 1 saturated heterocycles. The van der Waals surface area contributed by atoms with Crippen LogP contribution in [0.2, 0.25) is 0 Å². The summed E-state index contributed by atoms with van der Waals surface area (Å²) in [6.07, 6.45) is 7.91. The fourth-order valence-corrected chi connectivity index (χ4v) is 7.13. The van der Waals surface area contributed by atoms with Crippen LogP contribution in [0.1, 0.15) is 24.8 Å². The smallest absolute Gasteiger partial charge is 0.211 e. The Hall–Kier alpha value is -3.09. The average molecular weight is 541 g/mol. The Morgan fingerprint density at radius 3 is 2.97 bits per heavy atom. The van der Waals surface area contributed by atoms with Crippen LogP contribution in [-0.2, 0) is 23.0 Å². The number of imidazole rings is 1. The van der Waals surface area contributed by atoms with Crippen molar-refractivity contribution in [3.63, 3.8) is 0 Å². The zero-order chi connectivity index (χ0) is 25.6. The van der Waals surface area contributed by atoms with Crippen LogP contribution >= 0.6 is 11.8 Å². The van der Waals surface area contributed by atoms with Gasteiger partial charge < -0.3 is 19.5 Å². The highest BCUT2D eigenvalue weighted by atomic mass is 32.2. The lowest BCUT2D eigenvalue weighted by molar-refractivity contribution is 0.249. The lowest BCUT2D eigenvalue weighted by atomic mass is 9.96. The number of piperidine rings is 1. The van der Waals surface area contributed by atoms with Crippen LogP contribution in [0.25, 0.3) is 22.5 Å². The number of hydrogen-bond acceptors (Lipinski definition) is 9. The van der Waals surface area contributed by atoms with Gasteiger partial charge in [0.15, 0.2) is 22.1 Å². The number of anilines is 1. The number of nitrogen functional groups attached to an aromatic ring is 1. The van der Waals surface area contributed by atoms with E-state index in [-0.39, 0.29) is 5.92 Å². The van der Waals surface area contributed by atoms with Gasteiger partial charge in [-0.2, -0.15) is 0 Å². The maximum atomic E-state index is 12.1. The summed E-state index contributed by atoms with van der Waals surface area (Å²) in [5, 5.41) is 0.754. The van der Waals surface area contributed by atoms with Crippen molar-refractivity contribution in [2.24, 2.45) is 5.92 Å². The first-order chi connectivity index (χ1) is 17.9. The lowest BCUT2D eigenvalue weighted by Gasteiger charge is -2.31. The Kier molecular flexibility index (Phi) is 6.33. The van der Waals surface area contributed by atoms with Gasteiger partial charge in [-0.3, -0.25) is 0 Å². The minimum atomic E-state index is -3.20. The van der Waals surface area contributed by atoms with Crippen LogP contribution in [0.5, 0.6) is 5.75 Å². The highest BCUT2D eigenvalue weighted by Crippen LogP contribution is 2.42. The number of ether oxygens (including phenoxy) is 1. The molecule has 0 amide bonds. The maximum absolute atomic E-state index is 12.1. The molecule has 4 aromatic rings. The number of sulfonamides is 1. The predicted octanol–water partition coefficient (Wildman–Crippen LogP) is 3.82. The van der Waals surface area contributed by atoms with E-state index in [1.165, 1.54) is 24.3 Å². The lowest BCUT2D eigenvalue weighted by Crippen LogP contribution is -2.39. The van der Waals surface area contributed by atoms with Crippen LogP contribution in [0.4, 0.5) is 5.82 Å². The molecule has 0 aliphatic carbocycles. The highest BCUT2D eigenvalue weighted by Gasteiger charge is 2.27. The van der Waals surface area contributed by atoms with E-state index >= 15 is 0 Å². The Labute approximate surface area is 219 Å². The molecule has 2 aliphatic heterocycles. The van der Waals surface area contributed by atoms with Crippen molar-refractivity contribution in [2.45, 2.75) is 42.3 Å². The van der Waals surface area contributed by atoms with E-state index in [0.717, 1.165) is 58.4 Å². The van der Waals surface area contributed by atoms with E-state index in [9.17, 15) is 8.42 Å². The van der Waals surface area contributed by atoms with Gasteiger partial charge in [0.25, 0.3) is 0 Å². The molecule has 1 aromatic carbocycles. The number of benzene rings is 1. The first kappa shape index (κ1) is 24.3. The number of nitrogens with two attached hydrogens (primary N) is 1. The molecule has 0 saturated carbocycles. The SMILES string of the molecule is CS(=O)(=O)N1CCCC(CCn2c(Sc3cc4c(cc3-c3ccco3)OCC4)nc3c(N)ncnc32)C1. The summed E-state index contributed by atoms with van der Waals surface area (Å²) in [5.41, 5.74) is 9.51. The summed E-state index contributed by atoms with van der Waals surface area (Å²) < 4.78 is 39.4. The number of fused-ring (bicyclic) bond motifs is 2. The predicted molar refractivity (Wildman–Crippen MR) is 141 cm³/mol. The molecule has 12 heteroatoms. The number of aryl methyl sites for hydroxylation is 1. The molecule has 3 aromatic heterocycles. The molecule has 1 unspecified atom stereocenters. The van der Waals surface area contributed by atoms with Crippen LogP contribution < -0.4 is 10.5 Å². The zero-order valence-electron chi connectivity index (χ0n) is 20.5. The van der Waals surface area contributed by atoms with Crippen molar-refractivity contribution in [2.75, 3.05) is 31.7 Å². The quantitative estimate of drug-likeness (QED) is 0.372. The average Bonchev–Trinajstić information content (AvgIpc) is 3.63. The van der Waals surface area contributed by atoms with E-state index in [4.69, 9.17) is 19.9 Å². The topological polar surface area (TPSA) is 129 Å². The van der Waals surface area contributed by atoms with Crippen molar-refractivity contribution in [1.29, 1.82) is 0 Å². The van der Waals surface area contributed by atoms with Crippen molar-refractivity contribution in [3.05, 3.63) is 42.4 Å². The molecular formula is C25H28N6O4S2. The fourth-order valence-electron chi connectivity index (χ4n) is 5.10. The molecule has 0 bridgehead atoms. The summed E-state index contributed by atoms with van der Waals surface area (Å²) in [6, 6.07) is 7.98. The normalized spacial score (nSPS) is 18.2. The molecule has 194 valence electrons. The third-order valence-electron chi connectivity index (χ3n) is 7.02. The molecule has 37 heavy (non-hydrogen) atoms. The number of rotatable bonds is 7. The Balaban J connectivity index is 1.35. The van der Waals surface area contributed by atoms with E-state index in [1.54, 1.807) is 10.6 Å². The third kappa shape index (κ3) is 4.80. The molecule has 1 fully saturated rings. The van der Waals surface area contributed by atoms with Crippen LogP contribution in [0, 0.1) is 5.92 Å². The largest absolute Gasteiger partial charge is 0.493 e. The molecule has 2 aliphatic rings. The van der Waals surface area contributed by atoms with Gasteiger partial charge in [0.1, 0.15) is 17.8 Å². The molecule has 10 nitrogen and oxygen atoms in total. The first-order valence-corrected chi connectivity index (χ1v) is 15.0. The molecule has 2 N–H and O–H groups in total. The minimum Gasteiger partial charge on any atom is -0.493 e.